The summed E-state index contributed by atoms with van der Waals surface area (Å²) in [5, 5.41) is 8.71. The Balaban J connectivity index is 2.55. The number of rotatable bonds is 8. The van der Waals surface area contributed by atoms with Crippen molar-refractivity contribution in [3.8, 4) is 0 Å². The summed E-state index contributed by atoms with van der Waals surface area (Å²) in [6.07, 6.45) is 3.74. The summed E-state index contributed by atoms with van der Waals surface area (Å²) >= 11 is 0. The molecule has 0 atom stereocenters. The molecule has 0 saturated heterocycles. The normalized spacial score (nSPS) is 11.8. The second kappa shape index (κ2) is 10.6. The van der Waals surface area contributed by atoms with Gasteiger partial charge in [-0.2, -0.15) is 5.11 Å². The van der Waals surface area contributed by atoms with Crippen LogP contribution in [0.1, 0.15) is 26.3 Å². The summed E-state index contributed by atoms with van der Waals surface area (Å²) in [7, 11) is 0. The fourth-order valence-electron chi connectivity index (χ4n) is 2.70. The fourth-order valence-corrected chi connectivity index (χ4v) is 5.42. The monoisotopic (exact) mass is 382 g/mol. The van der Waals surface area contributed by atoms with Gasteiger partial charge in [0, 0.05) is 0 Å². The Hall–Kier alpha value is -2.45. The Bertz CT molecular complexity index is 835. The first kappa shape index (κ1) is 20.9. The molecular weight excluding hydrogens is 355 g/mol. The number of nitrogens with zero attached hydrogens (tertiary/aromatic N) is 2. The van der Waals surface area contributed by atoms with Crippen LogP contribution in [0.4, 0.5) is 5.69 Å². The van der Waals surface area contributed by atoms with Gasteiger partial charge in [0.05, 0.1) is 12.3 Å². The van der Waals surface area contributed by atoms with Crippen molar-refractivity contribution in [3.63, 3.8) is 0 Å². The van der Waals surface area contributed by atoms with Gasteiger partial charge < -0.3 is 4.74 Å². The molecule has 0 aliphatic heterocycles. The maximum atomic E-state index is 12.7. The zero-order valence-electron chi connectivity index (χ0n) is 16.2. The van der Waals surface area contributed by atoms with Gasteiger partial charge >= 0.3 is 5.97 Å². The number of benzene rings is 2. The summed E-state index contributed by atoms with van der Waals surface area (Å²) in [4.78, 5) is 12.7. The zero-order chi connectivity index (χ0) is 19.5. The van der Waals surface area contributed by atoms with Gasteiger partial charge in [0.15, 0.2) is 5.42 Å². The molecule has 0 amide bonds. The van der Waals surface area contributed by atoms with E-state index in [1.54, 1.807) is 0 Å². The van der Waals surface area contributed by atoms with E-state index in [4.69, 9.17) is 4.74 Å². The first-order valence-corrected chi connectivity index (χ1v) is 11.5. The molecule has 5 heteroatoms. The van der Waals surface area contributed by atoms with Crippen LogP contribution in [0.15, 0.2) is 76.7 Å². The van der Waals surface area contributed by atoms with Crippen molar-refractivity contribution >= 4 is 30.0 Å². The molecule has 2 aromatic rings. The molecular formula is C22H27N2O2P. The van der Waals surface area contributed by atoms with Gasteiger partial charge in [0.1, 0.15) is 0 Å². The summed E-state index contributed by atoms with van der Waals surface area (Å²) in [6, 6.07) is 19.5. The molecule has 2 aromatic carbocycles. The highest BCUT2D eigenvalue weighted by Crippen LogP contribution is 2.51. The van der Waals surface area contributed by atoms with Crippen molar-refractivity contribution in [1.82, 2.24) is 0 Å². The predicted octanol–water partition coefficient (Wildman–Crippen LogP) is 6.19. The van der Waals surface area contributed by atoms with E-state index < -0.39 is 6.89 Å². The minimum absolute atomic E-state index is 0.318. The van der Waals surface area contributed by atoms with Crippen LogP contribution in [-0.2, 0) is 9.53 Å². The van der Waals surface area contributed by atoms with Crippen LogP contribution in [0.3, 0.4) is 0 Å². The van der Waals surface area contributed by atoms with Crippen molar-refractivity contribution in [2.45, 2.75) is 20.8 Å². The minimum Gasteiger partial charge on any atom is -0.461 e. The lowest BCUT2D eigenvalue weighted by Crippen LogP contribution is -2.18. The quantitative estimate of drug-likeness (QED) is 0.310. The molecule has 4 nitrogen and oxygen atoms in total. The third-order valence-electron chi connectivity index (χ3n) is 4.38. The van der Waals surface area contributed by atoms with Gasteiger partial charge in [-0.15, -0.1) is 5.11 Å². The lowest BCUT2D eigenvalue weighted by Gasteiger charge is -2.21. The number of carbonyl (C=O) groups excluding carboxylic acids is 1. The van der Waals surface area contributed by atoms with Crippen LogP contribution in [-0.4, -0.2) is 30.3 Å². The van der Waals surface area contributed by atoms with E-state index in [1.165, 1.54) is 0 Å². The molecule has 0 heterocycles. The van der Waals surface area contributed by atoms with Gasteiger partial charge in [-0.3, -0.25) is 0 Å². The molecule has 0 saturated carbocycles. The van der Waals surface area contributed by atoms with Crippen LogP contribution in [0.5, 0.6) is 0 Å². The number of azo groups is 1. The number of ether oxygens (including phenoxy) is 1. The second-order valence-electron chi connectivity index (χ2n) is 5.97. The molecule has 0 fully saturated rings. The molecule has 0 aromatic heterocycles. The van der Waals surface area contributed by atoms with Crippen LogP contribution < -0.4 is 0 Å². The smallest absolute Gasteiger partial charge is 0.359 e. The van der Waals surface area contributed by atoms with Gasteiger partial charge in [-0.25, -0.2) is 4.79 Å². The predicted molar refractivity (Wildman–Crippen MR) is 116 cm³/mol. The molecule has 0 N–H and O–H groups in total. The molecule has 0 radical (unpaired) electrons. The van der Waals surface area contributed by atoms with Crippen molar-refractivity contribution < 1.29 is 9.53 Å². The maximum absolute atomic E-state index is 12.7. The summed E-state index contributed by atoms with van der Waals surface area (Å²) in [5.41, 5.74) is 2.27. The third kappa shape index (κ3) is 5.77. The van der Waals surface area contributed by atoms with E-state index in [9.17, 15) is 4.79 Å². The Morgan fingerprint density at radius 1 is 0.963 bits per heavy atom. The summed E-state index contributed by atoms with van der Waals surface area (Å²) in [6.45, 7) is 4.37. The zero-order valence-corrected chi connectivity index (χ0v) is 17.1. The van der Waals surface area contributed by atoms with E-state index in [-0.39, 0.29) is 5.97 Å². The molecule has 0 unspecified atom stereocenters. The highest BCUT2D eigenvalue weighted by molar-refractivity contribution is 7.80. The average Bonchev–Trinajstić information content (AvgIpc) is 2.72. The molecule has 0 spiro atoms. The third-order valence-corrected chi connectivity index (χ3v) is 8.47. The Labute approximate surface area is 162 Å². The van der Waals surface area contributed by atoms with Crippen LogP contribution in [0.2, 0.25) is 0 Å². The first-order valence-electron chi connectivity index (χ1n) is 9.27. The Kier molecular flexibility index (Phi) is 8.22. The molecule has 0 aliphatic rings. The van der Waals surface area contributed by atoms with Gasteiger partial charge in [0.25, 0.3) is 0 Å². The summed E-state index contributed by atoms with van der Waals surface area (Å²) < 4.78 is 5.32. The highest BCUT2D eigenvalue weighted by atomic mass is 31.2. The summed E-state index contributed by atoms with van der Waals surface area (Å²) in [5.74, 6) is 1.80. The van der Waals surface area contributed by atoms with E-state index >= 15 is 0 Å². The molecule has 0 bridgehead atoms. The standard InChI is InChI=1S/C22H27N2O2P/c1-4-26-22(25)21(24-23-20-15-11-8-12-16-20)27(5-2,6-3)18-17-19-13-9-7-10-14-19/h7-18H,4-6H2,1-3H3/b18-17+,24-23?. The van der Waals surface area contributed by atoms with Crippen molar-refractivity contribution in [1.29, 1.82) is 0 Å². The fraction of sp³-hybridized carbons (Fsp3) is 0.273. The maximum Gasteiger partial charge on any atom is 0.359 e. The topological polar surface area (TPSA) is 51.0 Å². The van der Waals surface area contributed by atoms with E-state index in [0.29, 0.717) is 12.0 Å². The Morgan fingerprint density at radius 3 is 2.11 bits per heavy atom. The number of hydrogen-bond donors (Lipinski definition) is 0. The van der Waals surface area contributed by atoms with Crippen molar-refractivity contribution in [2.24, 2.45) is 10.2 Å². The van der Waals surface area contributed by atoms with Gasteiger partial charge in [-0.05, 0) is 43.8 Å². The SMILES string of the molecule is CCOC(=O)C(N=Nc1ccccc1)=P(/C=C/c1ccccc1)(CC)CC. The lowest BCUT2D eigenvalue weighted by atomic mass is 10.2. The molecule has 2 rings (SSSR count). The van der Waals surface area contributed by atoms with Crippen LogP contribution in [0.25, 0.3) is 6.08 Å². The average molecular weight is 382 g/mol. The van der Waals surface area contributed by atoms with Gasteiger partial charge in [0.2, 0.25) is 0 Å². The van der Waals surface area contributed by atoms with E-state index in [2.05, 4.69) is 36.0 Å². The number of hydrogen-bond acceptors (Lipinski definition) is 3. The van der Waals surface area contributed by atoms with Crippen LogP contribution in [0, 0.1) is 0 Å². The number of carbonyl (C=O) groups is 1. The van der Waals surface area contributed by atoms with Crippen molar-refractivity contribution in [3.05, 3.63) is 72.0 Å². The highest BCUT2D eigenvalue weighted by Gasteiger charge is 2.24. The molecule has 142 valence electrons. The lowest BCUT2D eigenvalue weighted by molar-refractivity contribution is -0.134. The number of esters is 1. The molecule has 0 aliphatic carbocycles. The van der Waals surface area contributed by atoms with E-state index in [1.807, 2.05) is 67.6 Å². The van der Waals surface area contributed by atoms with Gasteiger partial charge in [-0.1, -0.05) is 74.3 Å². The largest absolute Gasteiger partial charge is 0.461 e. The molecule has 27 heavy (non-hydrogen) atoms. The van der Waals surface area contributed by atoms with Crippen molar-refractivity contribution in [2.75, 3.05) is 18.9 Å². The minimum atomic E-state index is -1.96. The second-order valence-corrected chi connectivity index (χ2v) is 10.0. The Morgan fingerprint density at radius 2 is 1.56 bits per heavy atom. The van der Waals surface area contributed by atoms with Crippen LogP contribution >= 0.6 is 6.89 Å². The first-order chi connectivity index (χ1) is 13.1. The van der Waals surface area contributed by atoms with E-state index in [0.717, 1.165) is 23.6 Å².